The molecule has 0 atom stereocenters. The Morgan fingerprint density at radius 2 is 2.00 bits per heavy atom. The zero-order chi connectivity index (χ0) is 18.9. The minimum atomic E-state index is -2.59. The molecular weight excluding hydrogens is 239 g/mol. The summed E-state index contributed by atoms with van der Waals surface area (Å²) in [4.78, 5) is 6.51. The summed E-state index contributed by atoms with van der Waals surface area (Å²) in [6.07, 6.45) is -0.652. The van der Waals surface area contributed by atoms with E-state index in [0.717, 1.165) is 0 Å². The van der Waals surface area contributed by atoms with Gasteiger partial charge in [-0.25, -0.2) is 4.98 Å². The van der Waals surface area contributed by atoms with Crippen LogP contribution in [0.1, 0.15) is 41.5 Å². The Hall–Kier alpha value is -1.33. The number of nitrogens with zero attached hydrogens (tertiary/aromatic N) is 1. The Kier molecular flexibility index (Phi) is 1.51. The van der Waals surface area contributed by atoms with E-state index in [-0.39, 0.29) is 34.6 Å². The van der Waals surface area contributed by atoms with Crippen molar-refractivity contribution in [1.82, 2.24) is 9.97 Å². The van der Waals surface area contributed by atoms with Crippen molar-refractivity contribution >= 4 is 12.6 Å². The molecule has 19 heavy (non-hydrogen) atoms. The number of rotatable bonds is 1. The normalized spacial score (nSPS) is 26.4. The molecule has 1 fully saturated rings. The van der Waals surface area contributed by atoms with Gasteiger partial charge in [-0.2, -0.15) is 0 Å². The van der Waals surface area contributed by atoms with Gasteiger partial charge in [-0.3, -0.25) is 0 Å². The lowest BCUT2D eigenvalue weighted by Crippen LogP contribution is -2.41. The predicted molar refractivity (Wildman–Crippen MR) is 75.7 cm³/mol. The molecule has 0 radical (unpaired) electrons. The molecule has 0 saturated carbocycles. The second-order valence-corrected chi connectivity index (χ2v) is 5.70. The van der Waals surface area contributed by atoms with E-state index >= 15 is 0 Å². The second-order valence-electron chi connectivity index (χ2n) is 5.70. The van der Waals surface area contributed by atoms with Gasteiger partial charge in [-0.05, 0) is 51.6 Å². The van der Waals surface area contributed by atoms with E-state index in [0.29, 0.717) is 0 Å². The Morgan fingerprint density at radius 3 is 2.63 bits per heavy atom. The van der Waals surface area contributed by atoms with Crippen LogP contribution < -0.4 is 5.46 Å². The summed E-state index contributed by atoms with van der Waals surface area (Å²) in [7, 11) is -1.02. The average molecular weight is 264 g/mol. The van der Waals surface area contributed by atoms with E-state index in [1.807, 2.05) is 27.7 Å². The summed E-state index contributed by atoms with van der Waals surface area (Å²) >= 11 is 0. The van der Waals surface area contributed by atoms with Gasteiger partial charge in [-0.1, -0.05) is 0 Å². The van der Waals surface area contributed by atoms with Crippen LogP contribution in [0.4, 0.5) is 0 Å². The van der Waals surface area contributed by atoms with E-state index in [9.17, 15) is 0 Å². The van der Waals surface area contributed by atoms with Crippen molar-refractivity contribution in [3.63, 3.8) is 0 Å². The highest BCUT2D eigenvalue weighted by atomic mass is 16.7. The molecule has 0 aromatic carbocycles. The Bertz CT molecular complexity index is 801. The standard InChI is InChI=1S/C14H19BN2O2/c1-9-8-17-12-11(9)10(6-7-16-12)15-18-13(2,3)14(4,5)19-15/h6-8H,1-5H3,(H,16,17)/i1D3,6D,7D,8D. The molecule has 100 valence electrons. The first-order valence-electron chi connectivity index (χ1n) is 9.12. The summed E-state index contributed by atoms with van der Waals surface area (Å²) in [6, 6.07) is -0.232. The molecular formula is C14H19BN2O2. The maximum atomic E-state index is 8.26. The number of nitrogens with one attached hydrogen (secondary N) is 1. The van der Waals surface area contributed by atoms with E-state index in [1.165, 1.54) is 0 Å². The van der Waals surface area contributed by atoms with Gasteiger partial charge in [0.1, 0.15) is 5.82 Å². The molecule has 4 nitrogen and oxygen atoms in total. The molecule has 3 aliphatic rings. The molecule has 0 unspecified atom stereocenters. The molecule has 3 heterocycles. The van der Waals surface area contributed by atoms with Crippen LogP contribution in [0.3, 0.4) is 0 Å². The van der Waals surface area contributed by atoms with Crippen molar-refractivity contribution < 1.29 is 17.5 Å². The minimum absolute atomic E-state index is 0.0711. The zero-order valence-corrected chi connectivity index (χ0v) is 11.3. The highest BCUT2D eigenvalue weighted by Gasteiger charge is 2.52. The van der Waals surface area contributed by atoms with Crippen LogP contribution in [0.2, 0.25) is 0 Å². The van der Waals surface area contributed by atoms with E-state index in [1.54, 1.807) is 0 Å². The molecule has 0 amide bonds. The first-order valence-corrected chi connectivity index (χ1v) is 6.12. The van der Waals surface area contributed by atoms with Crippen molar-refractivity contribution in [2.75, 3.05) is 0 Å². The largest absolute Gasteiger partial charge is 0.495 e. The summed E-state index contributed by atoms with van der Waals surface area (Å²) in [5.74, 6) is 0.0711. The van der Waals surface area contributed by atoms with Crippen molar-refractivity contribution in [2.45, 2.75) is 45.7 Å². The number of aromatic nitrogens is 2. The van der Waals surface area contributed by atoms with Gasteiger partial charge in [-0.15, -0.1) is 0 Å². The zero-order valence-electron chi connectivity index (χ0n) is 17.3. The third-order valence-corrected chi connectivity index (χ3v) is 3.90. The van der Waals surface area contributed by atoms with Crippen LogP contribution in [0, 0.1) is 6.85 Å². The Labute approximate surface area is 122 Å². The van der Waals surface area contributed by atoms with Gasteiger partial charge in [0.15, 0.2) is 0 Å². The molecule has 1 saturated heterocycles. The first-order chi connectivity index (χ1) is 11.3. The van der Waals surface area contributed by atoms with Crippen molar-refractivity contribution in [2.24, 2.45) is 0 Å². The molecule has 3 aliphatic heterocycles. The van der Waals surface area contributed by atoms with Crippen molar-refractivity contribution in [3.8, 4) is 11.4 Å². The molecule has 0 spiro atoms. The molecule has 5 heteroatoms. The fourth-order valence-corrected chi connectivity index (χ4v) is 2.05. The van der Waals surface area contributed by atoms with E-state index in [4.69, 9.17) is 17.5 Å². The number of hydrogen-bond donors (Lipinski definition) is 1. The van der Waals surface area contributed by atoms with E-state index < -0.39 is 31.3 Å². The van der Waals surface area contributed by atoms with Crippen LogP contribution in [-0.2, 0) is 9.31 Å². The lowest BCUT2D eigenvalue weighted by atomic mass is 9.75. The van der Waals surface area contributed by atoms with Gasteiger partial charge in [0.2, 0.25) is 0 Å². The SMILES string of the molecule is [2H]c1nc2[nH]c([2H])c([2H])c(B3OC(C)(C)C(C)(C)O3)c-2c1C([2H])([2H])[2H]. The monoisotopic (exact) mass is 264 g/mol. The minimum Gasteiger partial charge on any atom is -0.399 e. The second kappa shape index (κ2) is 3.84. The van der Waals surface area contributed by atoms with Crippen LogP contribution in [0.25, 0.3) is 11.4 Å². The number of pyridine rings is 1. The quantitative estimate of drug-likeness (QED) is 0.802. The third kappa shape index (κ3) is 1.80. The summed E-state index contributed by atoms with van der Waals surface area (Å²) in [6.45, 7) is 4.78. The molecule has 0 aromatic heterocycles. The van der Waals surface area contributed by atoms with Crippen molar-refractivity contribution in [3.05, 3.63) is 24.0 Å². The van der Waals surface area contributed by atoms with Crippen LogP contribution in [-0.4, -0.2) is 28.3 Å². The summed E-state index contributed by atoms with van der Waals surface area (Å²) < 4.78 is 59.2. The number of hydrogen-bond acceptors (Lipinski definition) is 3. The highest BCUT2D eigenvalue weighted by Crippen LogP contribution is 2.37. The lowest BCUT2D eigenvalue weighted by molar-refractivity contribution is 0.00578. The smallest absolute Gasteiger partial charge is 0.399 e. The molecule has 3 rings (SSSR count). The summed E-state index contributed by atoms with van der Waals surface area (Å²) in [5.41, 5.74) is -1.43. The predicted octanol–water partition coefficient (Wildman–Crippen LogP) is 2.12. The van der Waals surface area contributed by atoms with Crippen molar-refractivity contribution in [1.29, 1.82) is 0 Å². The third-order valence-electron chi connectivity index (χ3n) is 3.90. The Balaban J connectivity index is 2.30. The van der Waals surface area contributed by atoms with Gasteiger partial charge in [0.25, 0.3) is 0 Å². The molecule has 0 aliphatic carbocycles. The topological polar surface area (TPSA) is 47.1 Å². The maximum Gasteiger partial charge on any atom is 0.495 e. The molecule has 1 N–H and O–H groups in total. The van der Waals surface area contributed by atoms with Gasteiger partial charge >= 0.3 is 7.12 Å². The fourth-order valence-electron chi connectivity index (χ4n) is 2.05. The molecule has 0 bridgehead atoms. The lowest BCUT2D eigenvalue weighted by Gasteiger charge is -2.32. The van der Waals surface area contributed by atoms with Crippen LogP contribution >= 0.6 is 0 Å². The van der Waals surface area contributed by atoms with Crippen LogP contribution in [0.15, 0.2) is 18.4 Å². The Morgan fingerprint density at radius 1 is 1.32 bits per heavy atom. The fraction of sp³-hybridized carbons (Fsp3) is 0.500. The number of H-pyrrole nitrogens is 1. The van der Waals surface area contributed by atoms with Gasteiger partial charge < -0.3 is 14.3 Å². The molecule has 0 aromatic rings. The maximum absolute atomic E-state index is 8.26. The van der Waals surface area contributed by atoms with Gasteiger partial charge in [0, 0.05) is 22.0 Å². The van der Waals surface area contributed by atoms with Gasteiger partial charge in [0.05, 0.1) is 15.3 Å². The first kappa shape index (κ1) is 7.46. The van der Waals surface area contributed by atoms with Crippen LogP contribution in [0.5, 0.6) is 0 Å². The number of fused-ring (bicyclic) bond motifs is 1. The number of aromatic amines is 1. The summed E-state index contributed by atoms with van der Waals surface area (Å²) in [5, 5.41) is 0. The highest BCUT2D eigenvalue weighted by molar-refractivity contribution is 6.63. The average Bonchev–Trinajstić information content (AvgIpc) is 2.83. The van der Waals surface area contributed by atoms with E-state index in [2.05, 4.69) is 9.97 Å².